The molecule has 0 aliphatic rings. The number of aromatic carboxylic acids is 1. The van der Waals surface area contributed by atoms with Gasteiger partial charge in [-0.25, -0.2) is 4.79 Å². The van der Waals surface area contributed by atoms with E-state index in [0.29, 0.717) is 13.1 Å². The molecule has 0 saturated heterocycles. The molecule has 0 atom stereocenters. The van der Waals surface area contributed by atoms with Crippen molar-refractivity contribution in [2.45, 2.75) is 27.7 Å². The molecule has 0 aromatic heterocycles. The molecular weight excluding hydrogens is 256 g/mol. The average molecular weight is 282 g/mol. The number of rotatable bonds is 5. The molecule has 20 heavy (non-hydrogen) atoms. The van der Waals surface area contributed by atoms with Crippen molar-refractivity contribution >= 4 is 11.9 Å². The summed E-state index contributed by atoms with van der Waals surface area (Å²) >= 11 is 0. The number of carbonyl (C=O) groups excluding carboxylic acids is 1. The van der Waals surface area contributed by atoms with Crippen LogP contribution < -0.4 is 10.6 Å². The van der Waals surface area contributed by atoms with E-state index in [-0.39, 0.29) is 17.0 Å². The maximum absolute atomic E-state index is 11.6. The first-order valence-corrected chi connectivity index (χ1v) is 6.92. The van der Waals surface area contributed by atoms with Gasteiger partial charge in [-0.1, -0.05) is 39.8 Å². The summed E-state index contributed by atoms with van der Waals surface area (Å²) in [5.41, 5.74) is 0.204. The third kappa shape index (κ3) is 7.53. The highest BCUT2D eigenvalue weighted by molar-refractivity contribution is 6.04. The van der Waals surface area contributed by atoms with Crippen LogP contribution in [0.1, 0.15) is 48.4 Å². The first-order chi connectivity index (χ1) is 9.66. The van der Waals surface area contributed by atoms with Crippen molar-refractivity contribution in [3.63, 3.8) is 0 Å². The van der Waals surface area contributed by atoms with Crippen LogP contribution in [0.15, 0.2) is 24.3 Å². The number of likely N-dealkylation sites (N-methyl/N-ethyl adjacent to an activating group) is 1. The van der Waals surface area contributed by atoms with Gasteiger partial charge >= 0.3 is 5.97 Å². The van der Waals surface area contributed by atoms with Crippen LogP contribution in [-0.4, -0.2) is 37.1 Å². The zero-order valence-electron chi connectivity index (χ0n) is 13.0. The molecule has 1 aromatic carbocycles. The quantitative estimate of drug-likeness (QED) is 0.725. The van der Waals surface area contributed by atoms with Crippen LogP contribution in [-0.2, 0) is 0 Å². The minimum absolute atomic E-state index is 0.0180. The Morgan fingerprint density at radius 3 is 1.95 bits per heavy atom. The normalized spacial score (nSPS) is 8.45. The van der Waals surface area contributed by atoms with E-state index in [1.807, 2.05) is 27.7 Å². The van der Waals surface area contributed by atoms with Gasteiger partial charge < -0.3 is 15.7 Å². The molecule has 5 nitrogen and oxygen atoms in total. The summed E-state index contributed by atoms with van der Waals surface area (Å²) < 4.78 is 0. The van der Waals surface area contributed by atoms with Gasteiger partial charge in [0.25, 0.3) is 5.91 Å². The summed E-state index contributed by atoms with van der Waals surface area (Å²) in [6.45, 7) is 9.10. The highest BCUT2D eigenvalue weighted by atomic mass is 16.4. The van der Waals surface area contributed by atoms with Gasteiger partial charge in [-0.05, 0) is 19.2 Å². The molecule has 0 heterocycles. The maximum Gasteiger partial charge on any atom is 0.336 e. The summed E-state index contributed by atoms with van der Waals surface area (Å²) in [6, 6.07) is 6.14. The molecule has 0 fully saturated rings. The zero-order valence-corrected chi connectivity index (χ0v) is 13.0. The van der Waals surface area contributed by atoms with Crippen LogP contribution in [0.5, 0.6) is 0 Å². The summed E-state index contributed by atoms with van der Waals surface area (Å²) in [5.74, 6) is -1.47. The van der Waals surface area contributed by atoms with E-state index in [2.05, 4.69) is 10.6 Å². The number of carboxylic acid groups (broad SMARTS) is 1. The van der Waals surface area contributed by atoms with Crippen molar-refractivity contribution in [1.29, 1.82) is 0 Å². The van der Waals surface area contributed by atoms with Gasteiger partial charge in [0.05, 0.1) is 11.1 Å². The molecule has 1 amide bonds. The van der Waals surface area contributed by atoms with E-state index in [9.17, 15) is 9.59 Å². The van der Waals surface area contributed by atoms with Crippen molar-refractivity contribution in [2.24, 2.45) is 0 Å². The molecule has 3 N–H and O–H groups in total. The second-order valence-electron chi connectivity index (χ2n) is 3.21. The highest BCUT2D eigenvalue weighted by Crippen LogP contribution is 2.08. The molecule has 1 rings (SSSR count). The zero-order chi connectivity index (χ0) is 16.0. The molecule has 0 spiro atoms. The SMILES string of the molecule is CC.CC.CNCCNC(=O)c1ccccc1C(=O)O. The van der Waals surface area contributed by atoms with E-state index >= 15 is 0 Å². The number of nitrogens with one attached hydrogen (secondary N) is 2. The lowest BCUT2D eigenvalue weighted by molar-refractivity contribution is 0.0691. The number of carbonyl (C=O) groups is 2. The Balaban J connectivity index is 0. The fraction of sp³-hybridized carbons (Fsp3) is 0.467. The van der Waals surface area contributed by atoms with E-state index in [0.717, 1.165) is 0 Å². The predicted molar refractivity (Wildman–Crippen MR) is 82.4 cm³/mol. The van der Waals surface area contributed by atoms with E-state index in [4.69, 9.17) is 5.11 Å². The molecule has 0 bridgehead atoms. The van der Waals surface area contributed by atoms with Crippen LogP contribution in [0, 0.1) is 0 Å². The molecule has 0 radical (unpaired) electrons. The molecule has 0 unspecified atom stereocenters. The molecule has 114 valence electrons. The fourth-order valence-electron chi connectivity index (χ4n) is 1.26. The average Bonchev–Trinajstić information content (AvgIpc) is 2.51. The minimum atomic E-state index is -1.10. The third-order valence-corrected chi connectivity index (χ3v) is 2.06. The van der Waals surface area contributed by atoms with Crippen molar-refractivity contribution in [2.75, 3.05) is 20.1 Å². The Bertz CT molecular complexity index is 392. The van der Waals surface area contributed by atoms with Crippen molar-refractivity contribution in [3.8, 4) is 0 Å². The van der Waals surface area contributed by atoms with E-state index in [1.165, 1.54) is 12.1 Å². The lowest BCUT2D eigenvalue weighted by Gasteiger charge is -2.06. The number of hydrogen-bond acceptors (Lipinski definition) is 3. The molecule has 0 aliphatic heterocycles. The highest BCUT2D eigenvalue weighted by Gasteiger charge is 2.14. The van der Waals surface area contributed by atoms with Gasteiger partial charge in [0.2, 0.25) is 0 Å². The van der Waals surface area contributed by atoms with Gasteiger partial charge in [-0.3, -0.25) is 4.79 Å². The lowest BCUT2D eigenvalue weighted by Crippen LogP contribution is -2.31. The smallest absolute Gasteiger partial charge is 0.336 e. The first-order valence-electron chi connectivity index (χ1n) is 6.92. The van der Waals surface area contributed by atoms with Crippen LogP contribution in [0.25, 0.3) is 0 Å². The Kier molecular flexibility index (Phi) is 13.8. The Morgan fingerprint density at radius 1 is 1.00 bits per heavy atom. The number of benzene rings is 1. The summed E-state index contributed by atoms with van der Waals surface area (Å²) in [7, 11) is 1.78. The molecule has 1 aromatic rings. The molecule has 5 heteroatoms. The number of carboxylic acids is 1. The van der Waals surface area contributed by atoms with E-state index < -0.39 is 5.97 Å². The summed E-state index contributed by atoms with van der Waals surface area (Å²) in [5, 5.41) is 14.4. The summed E-state index contributed by atoms with van der Waals surface area (Å²) in [6.07, 6.45) is 0. The van der Waals surface area contributed by atoms with Gasteiger partial charge in [0.1, 0.15) is 0 Å². The van der Waals surface area contributed by atoms with Gasteiger partial charge in [0, 0.05) is 13.1 Å². The lowest BCUT2D eigenvalue weighted by atomic mass is 10.1. The fourth-order valence-corrected chi connectivity index (χ4v) is 1.26. The topological polar surface area (TPSA) is 78.4 Å². The second-order valence-corrected chi connectivity index (χ2v) is 3.21. The van der Waals surface area contributed by atoms with E-state index in [1.54, 1.807) is 19.2 Å². The van der Waals surface area contributed by atoms with Crippen LogP contribution in [0.4, 0.5) is 0 Å². The van der Waals surface area contributed by atoms with Crippen LogP contribution in [0.2, 0.25) is 0 Å². The van der Waals surface area contributed by atoms with Gasteiger partial charge in [0.15, 0.2) is 0 Å². The molecule has 0 saturated carbocycles. The number of hydrogen-bond donors (Lipinski definition) is 3. The molecular formula is C15H26N2O3. The van der Waals surface area contributed by atoms with Gasteiger partial charge in [-0.2, -0.15) is 0 Å². The Labute approximate surface area is 121 Å². The van der Waals surface area contributed by atoms with Crippen molar-refractivity contribution in [3.05, 3.63) is 35.4 Å². The Hall–Kier alpha value is -1.88. The first kappa shape index (κ1) is 20.4. The van der Waals surface area contributed by atoms with Crippen molar-refractivity contribution < 1.29 is 14.7 Å². The standard InChI is InChI=1S/C11H14N2O3.2C2H6/c1-12-6-7-13-10(14)8-4-2-3-5-9(8)11(15)16;2*1-2/h2-5,12H,6-7H2,1H3,(H,13,14)(H,15,16);2*1-2H3. The van der Waals surface area contributed by atoms with Crippen LogP contribution in [0.3, 0.4) is 0 Å². The summed E-state index contributed by atoms with van der Waals surface area (Å²) in [4.78, 5) is 22.5. The number of amides is 1. The Morgan fingerprint density at radius 2 is 1.50 bits per heavy atom. The minimum Gasteiger partial charge on any atom is -0.478 e. The predicted octanol–water partition coefficient (Wildman–Crippen LogP) is 2.39. The van der Waals surface area contributed by atoms with Gasteiger partial charge in [-0.15, -0.1) is 0 Å². The van der Waals surface area contributed by atoms with Crippen LogP contribution >= 0.6 is 0 Å². The molecule has 0 aliphatic carbocycles. The third-order valence-electron chi connectivity index (χ3n) is 2.06. The monoisotopic (exact) mass is 282 g/mol. The maximum atomic E-state index is 11.6. The second kappa shape index (κ2) is 13.5. The largest absolute Gasteiger partial charge is 0.478 e. The van der Waals surface area contributed by atoms with Crippen molar-refractivity contribution in [1.82, 2.24) is 10.6 Å².